The number of benzene rings is 2. The number of nitrogens with zero attached hydrogens (tertiary/aromatic N) is 1. The van der Waals surface area contributed by atoms with E-state index in [1.807, 2.05) is 48.5 Å². The molecule has 0 unspecified atom stereocenters. The highest BCUT2D eigenvalue weighted by Crippen LogP contribution is 2.44. The number of terminal acetylenes is 1. The Morgan fingerprint density at radius 1 is 0.957 bits per heavy atom. The van der Waals surface area contributed by atoms with E-state index in [9.17, 15) is 9.59 Å². The van der Waals surface area contributed by atoms with Crippen LogP contribution >= 0.6 is 0 Å². The molecule has 2 aliphatic heterocycles. The van der Waals surface area contributed by atoms with Crippen LogP contribution in [-0.2, 0) is 9.59 Å². The summed E-state index contributed by atoms with van der Waals surface area (Å²) in [5, 5.41) is 2.81. The topological polar surface area (TPSA) is 49.4 Å². The first-order valence-corrected chi connectivity index (χ1v) is 7.22. The first-order chi connectivity index (χ1) is 11.2. The maximum absolute atomic E-state index is 12.9. The van der Waals surface area contributed by atoms with Gasteiger partial charge >= 0.3 is 0 Å². The zero-order valence-electron chi connectivity index (χ0n) is 12.2. The van der Waals surface area contributed by atoms with Crippen LogP contribution in [0.2, 0.25) is 0 Å². The molecule has 4 heteroatoms. The minimum absolute atomic E-state index is 0.176. The second-order valence-electron chi connectivity index (χ2n) is 5.36. The molecule has 0 bridgehead atoms. The van der Waals surface area contributed by atoms with Crippen molar-refractivity contribution >= 4 is 34.3 Å². The second kappa shape index (κ2) is 4.85. The Bertz CT molecular complexity index is 934. The highest BCUT2D eigenvalue weighted by atomic mass is 16.2. The molecule has 0 spiro atoms. The van der Waals surface area contributed by atoms with E-state index in [1.165, 1.54) is 4.90 Å². The van der Waals surface area contributed by atoms with Crippen LogP contribution in [0.3, 0.4) is 0 Å². The molecule has 2 aromatic rings. The molecule has 0 fully saturated rings. The van der Waals surface area contributed by atoms with Gasteiger partial charge in [-0.3, -0.25) is 14.5 Å². The van der Waals surface area contributed by atoms with Crippen LogP contribution in [0.4, 0.5) is 11.4 Å². The summed E-state index contributed by atoms with van der Waals surface area (Å²) < 4.78 is 0. The Kier molecular flexibility index (Phi) is 2.82. The third kappa shape index (κ3) is 1.80. The molecule has 0 aromatic heterocycles. The third-order valence-corrected chi connectivity index (χ3v) is 4.09. The summed E-state index contributed by atoms with van der Waals surface area (Å²) in [6.45, 7) is 0.176. The number of nitrogens with one attached hydrogen (secondary N) is 1. The maximum atomic E-state index is 12.9. The van der Waals surface area contributed by atoms with Gasteiger partial charge in [0.15, 0.2) is 0 Å². The summed E-state index contributed by atoms with van der Waals surface area (Å²) in [6.07, 6.45) is 5.39. The summed E-state index contributed by atoms with van der Waals surface area (Å²) >= 11 is 0. The lowest BCUT2D eigenvalue weighted by molar-refractivity contribution is -0.113. The highest BCUT2D eigenvalue weighted by molar-refractivity contribution is 6.49. The maximum Gasteiger partial charge on any atom is 0.260 e. The quantitative estimate of drug-likeness (QED) is 0.650. The fourth-order valence-electron chi connectivity index (χ4n) is 3.14. The number of fused-ring (bicyclic) bond motifs is 2. The van der Waals surface area contributed by atoms with Gasteiger partial charge in [0.2, 0.25) is 0 Å². The first-order valence-electron chi connectivity index (χ1n) is 7.22. The van der Waals surface area contributed by atoms with E-state index < -0.39 is 0 Å². The molecule has 0 saturated heterocycles. The van der Waals surface area contributed by atoms with Crippen LogP contribution in [0.5, 0.6) is 0 Å². The van der Waals surface area contributed by atoms with E-state index in [2.05, 4.69) is 11.2 Å². The number of carbonyl (C=O) groups excluding carboxylic acids is 2. The van der Waals surface area contributed by atoms with Crippen molar-refractivity contribution in [2.24, 2.45) is 0 Å². The lowest BCUT2D eigenvalue weighted by Gasteiger charge is -2.12. The fraction of sp³-hybridized carbons (Fsp3) is 0.0526. The Labute approximate surface area is 133 Å². The standard InChI is InChI=1S/C19H12N2O2/c1-2-11-21-15-10-6-4-8-13(15)17(19(21)23)16-12-7-3-5-9-14(12)20-18(16)22/h1,3-10H,11H2,(H,20,22)/b17-16+. The van der Waals surface area contributed by atoms with Crippen molar-refractivity contribution in [2.45, 2.75) is 0 Å². The summed E-state index contributed by atoms with van der Waals surface area (Å²) in [6, 6.07) is 14.8. The predicted molar refractivity (Wildman–Crippen MR) is 89.5 cm³/mol. The van der Waals surface area contributed by atoms with E-state index >= 15 is 0 Å². The van der Waals surface area contributed by atoms with Gasteiger partial charge < -0.3 is 5.32 Å². The number of hydrogen-bond acceptors (Lipinski definition) is 2. The molecule has 2 aromatic carbocycles. The van der Waals surface area contributed by atoms with Crippen LogP contribution in [0.15, 0.2) is 48.5 Å². The van der Waals surface area contributed by atoms with Gasteiger partial charge in [0.1, 0.15) is 0 Å². The predicted octanol–water partition coefficient (Wildman–Crippen LogP) is 2.53. The molecule has 110 valence electrons. The van der Waals surface area contributed by atoms with Crippen molar-refractivity contribution in [3.05, 3.63) is 59.7 Å². The fourth-order valence-corrected chi connectivity index (χ4v) is 3.14. The molecule has 2 heterocycles. The van der Waals surface area contributed by atoms with E-state index in [0.29, 0.717) is 11.1 Å². The van der Waals surface area contributed by atoms with Gasteiger partial charge in [0.25, 0.3) is 11.8 Å². The zero-order valence-corrected chi connectivity index (χ0v) is 12.2. The highest BCUT2D eigenvalue weighted by Gasteiger charge is 2.38. The zero-order chi connectivity index (χ0) is 16.0. The van der Waals surface area contributed by atoms with Crippen molar-refractivity contribution in [3.63, 3.8) is 0 Å². The van der Waals surface area contributed by atoms with Crippen LogP contribution in [0, 0.1) is 12.3 Å². The largest absolute Gasteiger partial charge is 0.321 e. The van der Waals surface area contributed by atoms with Crippen molar-refractivity contribution in [1.29, 1.82) is 0 Å². The number of hydrogen-bond donors (Lipinski definition) is 1. The number of rotatable bonds is 1. The summed E-state index contributed by atoms with van der Waals surface area (Å²) in [4.78, 5) is 26.9. The van der Waals surface area contributed by atoms with Gasteiger partial charge in [-0.2, -0.15) is 0 Å². The second-order valence-corrected chi connectivity index (χ2v) is 5.36. The monoisotopic (exact) mass is 300 g/mol. The van der Waals surface area contributed by atoms with Crippen molar-refractivity contribution < 1.29 is 9.59 Å². The molecule has 23 heavy (non-hydrogen) atoms. The van der Waals surface area contributed by atoms with E-state index in [-0.39, 0.29) is 18.4 Å². The molecular weight excluding hydrogens is 288 g/mol. The van der Waals surface area contributed by atoms with E-state index in [4.69, 9.17) is 6.42 Å². The first kappa shape index (κ1) is 13.4. The molecule has 2 aliphatic rings. The number of anilines is 2. The van der Waals surface area contributed by atoms with Gasteiger partial charge in [-0.1, -0.05) is 42.3 Å². The number of amides is 2. The summed E-state index contributed by atoms with van der Waals surface area (Å²) in [5.74, 6) is 2.02. The van der Waals surface area contributed by atoms with Gasteiger partial charge in [0.05, 0.1) is 23.4 Å². The Balaban J connectivity index is 2.01. The summed E-state index contributed by atoms with van der Waals surface area (Å²) in [5.41, 5.74) is 3.79. The molecule has 2 amide bonds. The molecule has 4 rings (SSSR count). The van der Waals surface area contributed by atoms with Gasteiger partial charge in [-0.15, -0.1) is 6.42 Å². The lowest BCUT2D eigenvalue weighted by atomic mass is 9.96. The Morgan fingerprint density at radius 3 is 2.43 bits per heavy atom. The normalized spacial score (nSPS) is 18.5. The van der Waals surface area contributed by atoms with E-state index in [0.717, 1.165) is 22.5 Å². The van der Waals surface area contributed by atoms with Gasteiger partial charge in [-0.25, -0.2) is 0 Å². The van der Waals surface area contributed by atoms with Crippen molar-refractivity contribution in [2.75, 3.05) is 16.8 Å². The molecule has 1 N–H and O–H groups in total. The lowest BCUT2D eigenvalue weighted by Crippen LogP contribution is -2.27. The number of carbonyl (C=O) groups is 2. The molecule has 0 saturated carbocycles. The minimum atomic E-state index is -0.257. The molecule has 4 nitrogen and oxygen atoms in total. The van der Waals surface area contributed by atoms with Gasteiger partial charge in [0, 0.05) is 16.8 Å². The molecule has 0 radical (unpaired) electrons. The van der Waals surface area contributed by atoms with Crippen LogP contribution < -0.4 is 10.2 Å². The van der Waals surface area contributed by atoms with Crippen molar-refractivity contribution in [3.8, 4) is 12.3 Å². The Hall–Kier alpha value is -3.32. The molecular formula is C19H12N2O2. The van der Waals surface area contributed by atoms with Gasteiger partial charge in [-0.05, 0) is 12.1 Å². The average Bonchev–Trinajstić information content (AvgIpc) is 3.02. The van der Waals surface area contributed by atoms with Crippen LogP contribution in [-0.4, -0.2) is 18.4 Å². The molecule has 0 atom stereocenters. The summed E-state index contributed by atoms with van der Waals surface area (Å²) in [7, 11) is 0. The van der Waals surface area contributed by atoms with E-state index in [1.54, 1.807) is 0 Å². The Morgan fingerprint density at radius 2 is 1.65 bits per heavy atom. The molecule has 0 aliphatic carbocycles. The van der Waals surface area contributed by atoms with Crippen LogP contribution in [0.25, 0.3) is 11.1 Å². The minimum Gasteiger partial charge on any atom is -0.321 e. The van der Waals surface area contributed by atoms with Crippen molar-refractivity contribution in [1.82, 2.24) is 0 Å². The number of para-hydroxylation sites is 2. The van der Waals surface area contributed by atoms with Crippen LogP contribution in [0.1, 0.15) is 11.1 Å². The average molecular weight is 300 g/mol. The SMILES string of the molecule is C#CCN1C(=O)/C(=C2/C(=O)Nc3ccccc32)c2ccccc21. The third-order valence-electron chi connectivity index (χ3n) is 4.09. The smallest absolute Gasteiger partial charge is 0.260 e.